The number of urea groups is 1. The standard InChI is InChI=1S/C22H14ClFN2O5S/c23-14-10-16-13(9-15(14)24)18(20(27)26(16)22(25)29)19(17-7-4-8-32-17)30-11-31-21(28)12-5-2-1-3-6-12/h1-10H,11H2,(H2,25,29)/b19-18+. The Morgan fingerprint density at radius 2 is 1.84 bits per heavy atom. The van der Waals surface area contributed by atoms with Crippen LogP contribution in [0.5, 0.6) is 0 Å². The number of hydrogen-bond acceptors (Lipinski definition) is 6. The van der Waals surface area contributed by atoms with E-state index in [1.165, 1.54) is 11.3 Å². The molecule has 1 aliphatic rings. The molecule has 2 aromatic carbocycles. The number of rotatable bonds is 5. The summed E-state index contributed by atoms with van der Waals surface area (Å²) in [6.07, 6.45) is 0. The predicted molar refractivity (Wildman–Crippen MR) is 117 cm³/mol. The van der Waals surface area contributed by atoms with Crippen molar-refractivity contribution < 1.29 is 28.2 Å². The molecule has 2 N–H and O–H groups in total. The van der Waals surface area contributed by atoms with E-state index in [2.05, 4.69) is 0 Å². The van der Waals surface area contributed by atoms with E-state index < -0.39 is 30.5 Å². The normalized spacial score (nSPS) is 14.2. The van der Waals surface area contributed by atoms with Gasteiger partial charge in [-0.3, -0.25) is 4.79 Å². The van der Waals surface area contributed by atoms with Gasteiger partial charge in [-0.2, -0.15) is 0 Å². The van der Waals surface area contributed by atoms with Crippen LogP contribution in [0.4, 0.5) is 14.9 Å². The van der Waals surface area contributed by atoms with E-state index in [4.69, 9.17) is 26.8 Å². The van der Waals surface area contributed by atoms with Gasteiger partial charge >= 0.3 is 12.0 Å². The maximum atomic E-state index is 14.2. The summed E-state index contributed by atoms with van der Waals surface area (Å²) in [5.41, 5.74) is 5.70. The molecule has 0 radical (unpaired) electrons. The van der Waals surface area contributed by atoms with Crippen LogP contribution in [-0.2, 0) is 14.3 Å². The number of halogens is 2. The van der Waals surface area contributed by atoms with Crippen LogP contribution in [0.3, 0.4) is 0 Å². The highest BCUT2D eigenvalue weighted by Gasteiger charge is 2.40. The second-order valence-corrected chi connectivity index (χ2v) is 7.86. The fraction of sp³-hybridized carbons (Fsp3) is 0.0455. The second kappa shape index (κ2) is 8.81. The molecule has 4 rings (SSSR count). The molecule has 2 heterocycles. The lowest BCUT2D eigenvalue weighted by atomic mass is 10.0. The number of nitrogens with two attached hydrogens (primary N) is 1. The average molecular weight is 473 g/mol. The summed E-state index contributed by atoms with van der Waals surface area (Å²) in [6, 6.07) is 12.8. The number of anilines is 1. The Balaban J connectivity index is 1.74. The smallest absolute Gasteiger partial charge is 0.340 e. The van der Waals surface area contributed by atoms with Crippen LogP contribution in [0.15, 0.2) is 60.0 Å². The fourth-order valence-electron chi connectivity index (χ4n) is 3.17. The number of carbonyl (C=O) groups excluding carboxylic acids is 3. The molecule has 0 bridgehead atoms. The average Bonchev–Trinajstić information content (AvgIpc) is 3.39. The topological polar surface area (TPSA) is 98.9 Å². The SMILES string of the molecule is NC(=O)N1C(=O)/C(=C(/OCOC(=O)c2ccccc2)c2cccs2)c2cc(F)c(Cl)cc21. The van der Waals surface area contributed by atoms with Crippen LogP contribution in [0.1, 0.15) is 20.8 Å². The number of ether oxygens (including phenoxy) is 2. The van der Waals surface area contributed by atoms with Crippen molar-refractivity contribution in [3.8, 4) is 0 Å². The van der Waals surface area contributed by atoms with Gasteiger partial charge in [0.25, 0.3) is 5.91 Å². The van der Waals surface area contributed by atoms with Crippen molar-refractivity contribution in [1.82, 2.24) is 0 Å². The first-order valence-electron chi connectivity index (χ1n) is 9.15. The van der Waals surface area contributed by atoms with Crippen LogP contribution in [-0.4, -0.2) is 24.7 Å². The van der Waals surface area contributed by atoms with Crippen LogP contribution < -0.4 is 10.6 Å². The Morgan fingerprint density at radius 3 is 2.50 bits per heavy atom. The molecule has 1 aliphatic heterocycles. The summed E-state index contributed by atoms with van der Waals surface area (Å²) in [5.74, 6) is -2.22. The van der Waals surface area contributed by atoms with Crippen molar-refractivity contribution >= 4 is 57.9 Å². The number of hydrogen-bond donors (Lipinski definition) is 1. The molecule has 0 atom stereocenters. The zero-order valence-electron chi connectivity index (χ0n) is 16.2. The van der Waals surface area contributed by atoms with Gasteiger partial charge in [0.1, 0.15) is 5.82 Å². The Bertz CT molecular complexity index is 1240. The van der Waals surface area contributed by atoms with E-state index in [1.54, 1.807) is 47.8 Å². The summed E-state index contributed by atoms with van der Waals surface area (Å²) in [5, 5.41) is 1.46. The maximum Gasteiger partial charge on any atom is 0.340 e. The van der Waals surface area contributed by atoms with Crippen LogP contribution in [0.2, 0.25) is 5.02 Å². The highest BCUT2D eigenvalue weighted by atomic mass is 35.5. The molecule has 3 amide bonds. The Kier molecular flexibility index (Phi) is 5.93. The van der Waals surface area contributed by atoms with Crippen molar-refractivity contribution in [2.75, 3.05) is 11.7 Å². The van der Waals surface area contributed by atoms with Gasteiger partial charge in [-0.25, -0.2) is 18.9 Å². The number of esters is 1. The summed E-state index contributed by atoms with van der Waals surface area (Å²) in [7, 11) is 0. The Labute approximate surface area is 190 Å². The van der Waals surface area contributed by atoms with Crippen LogP contribution in [0, 0.1) is 5.82 Å². The highest BCUT2D eigenvalue weighted by molar-refractivity contribution is 7.11. The minimum atomic E-state index is -1.06. The van der Waals surface area contributed by atoms with E-state index >= 15 is 0 Å². The van der Waals surface area contributed by atoms with Crippen molar-refractivity contribution in [1.29, 1.82) is 0 Å². The van der Waals surface area contributed by atoms with Crippen LogP contribution >= 0.6 is 22.9 Å². The summed E-state index contributed by atoms with van der Waals surface area (Å²) in [4.78, 5) is 38.4. The van der Waals surface area contributed by atoms with Crippen molar-refractivity contribution in [2.24, 2.45) is 5.73 Å². The number of imide groups is 1. The van der Waals surface area contributed by atoms with Gasteiger partial charge in [0, 0.05) is 5.56 Å². The number of nitrogens with zero attached hydrogens (tertiary/aromatic N) is 1. The van der Waals surface area contributed by atoms with E-state index in [9.17, 15) is 18.8 Å². The van der Waals surface area contributed by atoms with E-state index in [0.717, 1.165) is 12.1 Å². The number of benzene rings is 2. The van der Waals surface area contributed by atoms with Gasteiger partial charge in [-0.15, -0.1) is 11.3 Å². The van der Waals surface area contributed by atoms with Crippen molar-refractivity contribution in [3.63, 3.8) is 0 Å². The highest BCUT2D eigenvalue weighted by Crippen LogP contribution is 2.43. The van der Waals surface area contributed by atoms with Gasteiger partial charge < -0.3 is 15.2 Å². The number of amides is 3. The molecule has 1 aromatic heterocycles. The third-order valence-electron chi connectivity index (χ3n) is 4.56. The molecule has 0 saturated heterocycles. The van der Waals surface area contributed by atoms with E-state index in [-0.39, 0.29) is 27.6 Å². The largest absolute Gasteiger partial charge is 0.455 e. The first-order valence-corrected chi connectivity index (χ1v) is 10.4. The van der Waals surface area contributed by atoms with Gasteiger partial charge in [-0.05, 0) is 35.7 Å². The number of carbonyl (C=O) groups is 3. The van der Waals surface area contributed by atoms with Crippen LogP contribution in [0.25, 0.3) is 11.3 Å². The van der Waals surface area contributed by atoms with Gasteiger partial charge in [0.15, 0.2) is 5.76 Å². The molecule has 7 nitrogen and oxygen atoms in total. The van der Waals surface area contributed by atoms with Gasteiger partial charge in [-0.1, -0.05) is 35.9 Å². The van der Waals surface area contributed by atoms with Gasteiger partial charge in [0.2, 0.25) is 6.79 Å². The fourth-order valence-corrected chi connectivity index (χ4v) is 4.06. The molecule has 0 unspecified atom stereocenters. The molecular formula is C22H14ClFN2O5S. The first kappa shape index (κ1) is 21.5. The number of primary amides is 1. The lowest BCUT2D eigenvalue weighted by Crippen LogP contribution is -2.38. The van der Waals surface area contributed by atoms with Crippen molar-refractivity contribution in [3.05, 3.63) is 86.8 Å². The third-order valence-corrected chi connectivity index (χ3v) is 5.72. The molecular weight excluding hydrogens is 459 g/mol. The van der Waals surface area contributed by atoms with Gasteiger partial charge in [0.05, 0.1) is 26.7 Å². The minimum Gasteiger partial charge on any atom is -0.455 e. The number of fused-ring (bicyclic) bond motifs is 1. The molecule has 0 saturated carbocycles. The second-order valence-electron chi connectivity index (χ2n) is 6.50. The molecule has 0 spiro atoms. The Hall–Kier alpha value is -3.69. The summed E-state index contributed by atoms with van der Waals surface area (Å²) < 4.78 is 25.1. The Morgan fingerprint density at radius 1 is 1.09 bits per heavy atom. The molecule has 3 aromatic rings. The zero-order chi connectivity index (χ0) is 22.8. The zero-order valence-corrected chi connectivity index (χ0v) is 17.8. The molecule has 0 fully saturated rings. The summed E-state index contributed by atoms with van der Waals surface area (Å²) in [6.45, 7) is -0.528. The van der Waals surface area contributed by atoms with E-state index in [1.807, 2.05) is 0 Å². The van der Waals surface area contributed by atoms with E-state index in [0.29, 0.717) is 15.3 Å². The lowest BCUT2D eigenvalue weighted by Gasteiger charge is -2.13. The van der Waals surface area contributed by atoms with Crippen molar-refractivity contribution in [2.45, 2.75) is 0 Å². The monoisotopic (exact) mass is 472 g/mol. The molecule has 162 valence electrons. The minimum absolute atomic E-state index is 0.0117. The number of thiophene rings is 1. The summed E-state index contributed by atoms with van der Waals surface area (Å²) >= 11 is 7.08. The predicted octanol–water partition coefficient (Wildman–Crippen LogP) is 4.67. The quantitative estimate of drug-likeness (QED) is 0.252. The molecule has 10 heteroatoms. The third kappa shape index (κ3) is 3.95. The maximum absolute atomic E-state index is 14.2. The first-order chi connectivity index (χ1) is 15.4. The lowest BCUT2D eigenvalue weighted by molar-refractivity contribution is -0.112. The molecule has 0 aliphatic carbocycles. The molecule has 32 heavy (non-hydrogen) atoms.